The number of aliphatic imine (C=N–C) groups is 1. The van der Waals surface area contributed by atoms with Crippen molar-refractivity contribution in [3.63, 3.8) is 0 Å². The molecule has 2 atom stereocenters. The van der Waals surface area contributed by atoms with Crippen LogP contribution in [0.15, 0.2) is 83.0 Å². The lowest BCUT2D eigenvalue weighted by molar-refractivity contribution is -0.146. The Morgan fingerprint density at radius 3 is 2.30 bits per heavy atom. The third kappa shape index (κ3) is 6.11. The van der Waals surface area contributed by atoms with E-state index in [1.807, 2.05) is 30.3 Å². The van der Waals surface area contributed by atoms with Crippen LogP contribution in [-0.2, 0) is 25.7 Å². The van der Waals surface area contributed by atoms with Gasteiger partial charge in [-0.1, -0.05) is 36.4 Å². The van der Waals surface area contributed by atoms with E-state index in [2.05, 4.69) is 4.99 Å². The minimum Gasteiger partial charge on any atom is -0.489 e. The average Bonchev–Trinajstić information content (AvgIpc) is 2.92. The number of esters is 2. The molecule has 4 rings (SSSR count). The zero-order valence-corrected chi connectivity index (χ0v) is 22.9. The number of carbonyl (C=O) groups is 2. The Kier molecular flexibility index (Phi) is 9.09. The van der Waals surface area contributed by atoms with Crippen molar-refractivity contribution in [2.24, 2.45) is 10.9 Å². The van der Waals surface area contributed by atoms with Crippen LogP contribution in [0.25, 0.3) is 11.1 Å². The van der Waals surface area contributed by atoms with Crippen LogP contribution in [-0.4, -0.2) is 30.9 Å². The lowest BCUT2D eigenvalue weighted by atomic mass is 9.74. The smallest absolute Gasteiger partial charge is 0.336 e. The minimum atomic E-state index is -0.963. The number of nitrogens with zero attached hydrogens (tertiary/aromatic N) is 1. The first-order valence-corrected chi connectivity index (χ1v) is 13.1. The van der Waals surface area contributed by atoms with Crippen molar-refractivity contribution < 1.29 is 32.6 Å². The summed E-state index contributed by atoms with van der Waals surface area (Å²) < 4.78 is 45.6. The van der Waals surface area contributed by atoms with Crippen LogP contribution in [0.2, 0.25) is 0 Å². The summed E-state index contributed by atoms with van der Waals surface area (Å²) in [5, 5.41) is 0. The van der Waals surface area contributed by atoms with E-state index in [4.69, 9.17) is 14.2 Å². The quantitative estimate of drug-likeness (QED) is 0.276. The van der Waals surface area contributed by atoms with Crippen molar-refractivity contribution in [1.29, 1.82) is 0 Å². The molecule has 1 heterocycles. The molecule has 0 bridgehead atoms. The number of rotatable bonds is 9. The molecule has 0 aliphatic carbocycles. The van der Waals surface area contributed by atoms with Gasteiger partial charge in [-0.05, 0) is 63.1 Å². The second-order valence-corrected chi connectivity index (χ2v) is 9.33. The van der Waals surface area contributed by atoms with Crippen molar-refractivity contribution >= 4 is 17.7 Å². The molecule has 3 aromatic carbocycles. The van der Waals surface area contributed by atoms with Crippen molar-refractivity contribution in [1.82, 2.24) is 0 Å². The monoisotopic (exact) mass is 547 g/mol. The first kappa shape index (κ1) is 28.7. The van der Waals surface area contributed by atoms with Gasteiger partial charge in [-0.25, -0.2) is 13.6 Å². The SMILES string of the molecule is CCOC(=O)C1=C(C)N=C(C)C(C(=O)OCC)C1c1cc(-c2ccc(F)cc2F)ccc1OCc1ccccc1. The van der Waals surface area contributed by atoms with Gasteiger partial charge in [0, 0.05) is 34.5 Å². The number of hydrogen-bond donors (Lipinski definition) is 0. The van der Waals surface area contributed by atoms with Gasteiger partial charge >= 0.3 is 11.9 Å². The van der Waals surface area contributed by atoms with Gasteiger partial charge in [0.25, 0.3) is 0 Å². The molecule has 0 spiro atoms. The van der Waals surface area contributed by atoms with Crippen molar-refractivity contribution in [3.8, 4) is 16.9 Å². The van der Waals surface area contributed by atoms with Gasteiger partial charge in [0.1, 0.15) is 29.9 Å². The largest absolute Gasteiger partial charge is 0.489 e. The molecule has 8 heteroatoms. The molecule has 0 N–H and O–H groups in total. The zero-order chi connectivity index (χ0) is 28.8. The summed E-state index contributed by atoms with van der Waals surface area (Å²) in [6, 6.07) is 17.8. The highest BCUT2D eigenvalue weighted by Gasteiger charge is 2.43. The number of halogens is 2. The van der Waals surface area contributed by atoms with Gasteiger partial charge in [-0.15, -0.1) is 0 Å². The molecular weight excluding hydrogens is 516 g/mol. The minimum absolute atomic E-state index is 0.118. The summed E-state index contributed by atoms with van der Waals surface area (Å²) in [6.07, 6.45) is 0. The van der Waals surface area contributed by atoms with Gasteiger partial charge < -0.3 is 14.2 Å². The maximum atomic E-state index is 14.9. The molecule has 0 saturated heterocycles. The first-order chi connectivity index (χ1) is 19.2. The molecule has 3 aromatic rings. The highest BCUT2D eigenvalue weighted by Crippen LogP contribution is 2.45. The van der Waals surface area contributed by atoms with Gasteiger partial charge in [0.15, 0.2) is 0 Å². The predicted molar refractivity (Wildman–Crippen MR) is 148 cm³/mol. The molecule has 6 nitrogen and oxygen atoms in total. The van der Waals surface area contributed by atoms with E-state index in [0.29, 0.717) is 28.3 Å². The summed E-state index contributed by atoms with van der Waals surface area (Å²) in [7, 11) is 0. The molecule has 208 valence electrons. The van der Waals surface area contributed by atoms with Gasteiger partial charge in [0.05, 0.1) is 18.8 Å². The maximum absolute atomic E-state index is 14.9. The Labute approximate surface area is 232 Å². The summed E-state index contributed by atoms with van der Waals surface area (Å²) >= 11 is 0. The molecule has 0 saturated carbocycles. The van der Waals surface area contributed by atoms with Crippen LogP contribution in [0.5, 0.6) is 5.75 Å². The van der Waals surface area contributed by atoms with Gasteiger partial charge in [-0.2, -0.15) is 0 Å². The fourth-order valence-corrected chi connectivity index (χ4v) is 4.93. The summed E-state index contributed by atoms with van der Waals surface area (Å²) in [4.78, 5) is 31.2. The van der Waals surface area contributed by atoms with Crippen LogP contribution >= 0.6 is 0 Å². The molecule has 1 aliphatic heterocycles. The fourth-order valence-electron chi connectivity index (χ4n) is 4.93. The highest BCUT2D eigenvalue weighted by molar-refractivity contribution is 6.07. The summed E-state index contributed by atoms with van der Waals surface area (Å²) in [6.45, 7) is 7.22. The van der Waals surface area contributed by atoms with E-state index in [1.165, 1.54) is 12.1 Å². The fraction of sp³-hybridized carbons (Fsp3) is 0.281. The maximum Gasteiger partial charge on any atom is 0.336 e. The van der Waals surface area contributed by atoms with Gasteiger partial charge in [0.2, 0.25) is 0 Å². The topological polar surface area (TPSA) is 74.2 Å². The van der Waals surface area contributed by atoms with E-state index in [9.17, 15) is 18.4 Å². The second kappa shape index (κ2) is 12.7. The molecule has 0 amide bonds. The average molecular weight is 548 g/mol. The Morgan fingerprint density at radius 1 is 0.900 bits per heavy atom. The molecule has 40 heavy (non-hydrogen) atoms. The molecular formula is C32H31F2NO5. The Balaban J connectivity index is 1.94. The van der Waals surface area contributed by atoms with Crippen molar-refractivity contribution in [3.05, 3.63) is 101 Å². The van der Waals surface area contributed by atoms with E-state index in [0.717, 1.165) is 11.6 Å². The van der Waals surface area contributed by atoms with Gasteiger partial charge in [-0.3, -0.25) is 9.79 Å². The summed E-state index contributed by atoms with van der Waals surface area (Å²) in [5.74, 6) is -4.10. The molecule has 0 fully saturated rings. The van der Waals surface area contributed by atoms with E-state index >= 15 is 0 Å². The third-order valence-electron chi connectivity index (χ3n) is 6.69. The molecule has 0 radical (unpaired) electrons. The van der Waals surface area contributed by atoms with Crippen LogP contribution in [0, 0.1) is 17.6 Å². The van der Waals surface area contributed by atoms with E-state index < -0.39 is 35.4 Å². The lowest BCUT2D eigenvalue weighted by Gasteiger charge is -2.32. The number of hydrogen-bond acceptors (Lipinski definition) is 6. The van der Waals surface area contributed by atoms with Crippen LogP contribution < -0.4 is 4.74 Å². The van der Waals surface area contributed by atoms with E-state index in [-0.39, 0.29) is 31.0 Å². The summed E-state index contributed by atoms with van der Waals surface area (Å²) in [5.41, 5.74) is 2.98. The Bertz CT molecular complexity index is 1470. The Hall–Kier alpha value is -4.33. The molecule has 1 aliphatic rings. The standard InChI is InChI=1S/C32H31F2NO5/c1-5-38-31(36)28-19(3)35-20(4)29(32(37)39-6-2)30(28)25-16-22(24-14-13-23(33)17-26(24)34)12-15-27(25)40-18-21-10-8-7-9-11-21/h7-17,28,30H,5-6,18H2,1-4H3. The number of ether oxygens (including phenoxy) is 3. The first-order valence-electron chi connectivity index (χ1n) is 13.1. The third-order valence-corrected chi connectivity index (χ3v) is 6.69. The van der Waals surface area contributed by atoms with E-state index in [1.54, 1.807) is 45.9 Å². The molecule has 2 unspecified atom stereocenters. The highest BCUT2D eigenvalue weighted by atomic mass is 19.1. The number of benzene rings is 3. The normalized spacial score (nSPS) is 16.8. The number of allylic oxidation sites excluding steroid dienone is 1. The van der Waals surface area contributed by atoms with Crippen molar-refractivity contribution in [2.45, 2.75) is 40.2 Å². The predicted octanol–water partition coefficient (Wildman–Crippen LogP) is 6.79. The molecule has 0 aromatic heterocycles. The Morgan fingerprint density at radius 2 is 1.62 bits per heavy atom. The van der Waals surface area contributed by atoms with Crippen LogP contribution in [0.3, 0.4) is 0 Å². The number of carbonyl (C=O) groups excluding carboxylic acids is 2. The van der Waals surface area contributed by atoms with Crippen molar-refractivity contribution in [2.75, 3.05) is 13.2 Å². The zero-order valence-electron chi connectivity index (χ0n) is 22.9. The second-order valence-electron chi connectivity index (χ2n) is 9.33. The van der Waals surface area contributed by atoms with Crippen LogP contribution in [0.4, 0.5) is 8.78 Å². The lowest BCUT2D eigenvalue weighted by Crippen LogP contribution is -2.36. The van der Waals surface area contributed by atoms with Crippen LogP contribution in [0.1, 0.15) is 44.7 Å².